The highest BCUT2D eigenvalue weighted by Gasteiger charge is 1.93. The van der Waals surface area contributed by atoms with E-state index in [-0.39, 0.29) is 11.9 Å². The minimum atomic E-state index is -0.111. The van der Waals surface area contributed by atoms with Crippen molar-refractivity contribution in [3.05, 3.63) is 12.7 Å². The Labute approximate surface area is 61.2 Å². The fourth-order valence-corrected chi connectivity index (χ4v) is 0.343. The monoisotopic (exact) mass is 145 g/mol. The Morgan fingerprint density at radius 2 is 2.00 bits per heavy atom. The number of hydrazine groups is 1. The summed E-state index contributed by atoms with van der Waals surface area (Å²) in [7, 11) is 0. The van der Waals surface area contributed by atoms with Gasteiger partial charge in [-0.25, -0.2) is 0 Å². The third-order valence-corrected chi connectivity index (χ3v) is 0.616. The second-order valence-corrected chi connectivity index (χ2v) is 1.87. The lowest BCUT2D eigenvalue weighted by Crippen LogP contribution is -2.27. The van der Waals surface area contributed by atoms with Crippen molar-refractivity contribution in [3.8, 4) is 0 Å². The summed E-state index contributed by atoms with van der Waals surface area (Å²) in [6.45, 7) is 7.11. The predicted octanol–water partition coefficient (Wildman–Crippen LogP) is -0.484. The zero-order chi connectivity index (χ0) is 8.57. The summed E-state index contributed by atoms with van der Waals surface area (Å²) in [5.74, 6) is 7.89. The highest BCUT2D eigenvalue weighted by atomic mass is 16.1. The number of amides is 1. The Kier molecular flexibility index (Phi) is 9.65. The van der Waals surface area contributed by atoms with Crippen LogP contribution in [-0.2, 0) is 4.79 Å². The van der Waals surface area contributed by atoms with Gasteiger partial charge < -0.3 is 5.32 Å². The topological polar surface area (TPSA) is 81.1 Å². The number of hydrogen-bond donors (Lipinski definition) is 3. The van der Waals surface area contributed by atoms with Crippen molar-refractivity contribution in [2.24, 2.45) is 11.7 Å². The summed E-state index contributed by atoms with van der Waals surface area (Å²) >= 11 is 0. The summed E-state index contributed by atoms with van der Waals surface area (Å²) in [5.41, 5.74) is 0. The van der Waals surface area contributed by atoms with Crippen molar-refractivity contribution in [1.82, 2.24) is 5.32 Å². The molecule has 0 saturated heterocycles. The standard InChI is InChI=1S/C6H11NO.H4N2/c1-4-6(8)7-5(2)3;1-2/h4-5H,1H2,2-3H3,(H,7,8);1-2H2. The molecule has 0 heterocycles. The van der Waals surface area contributed by atoms with Crippen LogP contribution in [0.2, 0.25) is 0 Å². The van der Waals surface area contributed by atoms with E-state index in [4.69, 9.17) is 0 Å². The number of rotatable bonds is 2. The first-order chi connectivity index (χ1) is 4.66. The molecular weight excluding hydrogens is 130 g/mol. The van der Waals surface area contributed by atoms with E-state index >= 15 is 0 Å². The third kappa shape index (κ3) is 10.2. The second kappa shape index (κ2) is 8.13. The molecule has 0 aliphatic carbocycles. The second-order valence-electron chi connectivity index (χ2n) is 1.87. The summed E-state index contributed by atoms with van der Waals surface area (Å²) in [4.78, 5) is 10.4. The highest BCUT2D eigenvalue weighted by Crippen LogP contribution is 1.75. The maximum atomic E-state index is 10.4. The van der Waals surface area contributed by atoms with Crippen molar-refractivity contribution in [2.75, 3.05) is 0 Å². The number of carbonyl (C=O) groups excluding carboxylic acids is 1. The maximum absolute atomic E-state index is 10.4. The smallest absolute Gasteiger partial charge is 0.243 e. The average Bonchev–Trinajstić information content (AvgIpc) is 1.91. The predicted molar refractivity (Wildman–Crippen MR) is 41.9 cm³/mol. The number of hydrogen-bond acceptors (Lipinski definition) is 3. The molecule has 0 unspecified atom stereocenters. The van der Waals surface area contributed by atoms with Gasteiger partial charge in [0.05, 0.1) is 0 Å². The van der Waals surface area contributed by atoms with E-state index in [1.165, 1.54) is 6.08 Å². The Morgan fingerprint density at radius 3 is 2.10 bits per heavy atom. The molecule has 5 N–H and O–H groups in total. The van der Waals surface area contributed by atoms with Crippen LogP contribution in [0.25, 0.3) is 0 Å². The van der Waals surface area contributed by atoms with Gasteiger partial charge in [0.15, 0.2) is 0 Å². The summed E-state index contributed by atoms with van der Waals surface area (Å²) < 4.78 is 0. The van der Waals surface area contributed by atoms with E-state index in [2.05, 4.69) is 23.6 Å². The molecule has 0 aromatic rings. The maximum Gasteiger partial charge on any atom is 0.243 e. The lowest BCUT2D eigenvalue weighted by Gasteiger charge is -2.02. The largest absolute Gasteiger partial charge is 0.350 e. The van der Waals surface area contributed by atoms with Gasteiger partial charge in [0, 0.05) is 6.04 Å². The van der Waals surface area contributed by atoms with E-state index in [0.717, 1.165) is 0 Å². The van der Waals surface area contributed by atoms with Crippen LogP contribution in [0.1, 0.15) is 13.8 Å². The SMILES string of the molecule is C=CC(=O)NC(C)C.NN. The molecule has 0 radical (unpaired) electrons. The molecular formula is C6H15N3O. The molecule has 10 heavy (non-hydrogen) atoms. The first-order valence-electron chi connectivity index (χ1n) is 2.93. The van der Waals surface area contributed by atoms with Gasteiger partial charge in [0.25, 0.3) is 0 Å². The molecule has 0 atom stereocenters. The van der Waals surface area contributed by atoms with Gasteiger partial charge in [-0.1, -0.05) is 6.58 Å². The average molecular weight is 145 g/mol. The van der Waals surface area contributed by atoms with Crippen LogP contribution in [0, 0.1) is 0 Å². The minimum absolute atomic E-state index is 0.111. The molecule has 0 aromatic heterocycles. The van der Waals surface area contributed by atoms with Gasteiger partial charge in [-0.05, 0) is 19.9 Å². The Balaban J connectivity index is 0. The van der Waals surface area contributed by atoms with Crippen LogP contribution >= 0.6 is 0 Å². The van der Waals surface area contributed by atoms with Crippen molar-refractivity contribution in [3.63, 3.8) is 0 Å². The quantitative estimate of drug-likeness (QED) is 0.279. The van der Waals surface area contributed by atoms with Crippen LogP contribution in [0.15, 0.2) is 12.7 Å². The number of nitrogens with two attached hydrogens (primary N) is 2. The van der Waals surface area contributed by atoms with Gasteiger partial charge in [0.2, 0.25) is 5.91 Å². The lowest BCUT2D eigenvalue weighted by atomic mass is 10.4. The van der Waals surface area contributed by atoms with Crippen LogP contribution in [0.5, 0.6) is 0 Å². The Bertz CT molecular complexity index is 101. The molecule has 0 aliphatic rings. The molecule has 60 valence electrons. The number of carbonyl (C=O) groups is 1. The lowest BCUT2D eigenvalue weighted by molar-refractivity contribution is -0.116. The fourth-order valence-electron chi connectivity index (χ4n) is 0.343. The van der Waals surface area contributed by atoms with Gasteiger partial charge in [0.1, 0.15) is 0 Å². The normalized spacial score (nSPS) is 7.70. The first-order valence-corrected chi connectivity index (χ1v) is 2.93. The van der Waals surface area contributed by atoms with Gasteiger partial charge >= 0.3 is 0 Å². The molecule has 1 amide bonds. The Hall–Kier alpha value is -0.870. The van der Waals surface area contributed by atoms with Gasteiger partial charge in [-0.15, -0.1) is 0 Å². The van der Waals surface area contributed by atoms with Crippen molar-refractivity contribution in [1.29, 1.82) is 0 Å². The molecule has 4 nitrogen and oxygen atoms in total. The van der Waals surface area contributed by atoms with E-state index in [9.17, 15) is 4.79 Å². The van der Waals surface area contributed by atoms with Crippen LogP contribution in [0.4, 0.5) is 0 Å². The van der Waals surface area contributed by atoms with E-state index in [1.807, 2.05) is 13.8 Å². The summed E-state index contributed by atoms with van der Waals surface area (Å²) in [6.07, 6.45) is 1.26. The first kappa shape index (κ1) is 11.9. The molecule has 0 bridgehead atoms. The minimum Gasteiger partial charge on any atom is -0.350 e. The van der Waals surface area contributed by atoms with Crippen molar-refractivity contribution < 1.29 is 4.79 Å². The van der Waals surface area contributed by atoms with Crippen molar-refractivity contribution >= 4 is 5.91 Å². The van der Waals surface area contributed by atoms with Crippen LogP contribution in [0.3, 0.4) is 0 Å². The van der Waals surface area contributed by atoms with E-state index < -0.39 is 0 Å². The molecule has 4 heteroatoms. The summed E-state index contributed by atoms with van der Waals surface area (Å²) in [6, 6.07) is 0.209. The molecule has 0 spiro atoms. The fraction of sp³-hybridized carbons (Fsp3) is 0.500. The zero-order valence-corrected chi connectivity index (χ0v) is 6.42. The van der Waals surface area contributed by atoms with Gasteiger partial charge in [-0.2, -0.15) is 0 Å². The third-order valence-electron chi connectivity index (χ3n) is 0.616. The molecule has 0 aromatic carbocycles. The highest BCUT2D eigenvalue weighted by molar-refractivity contribution is 5.86. The van der Waals surface area contributed by atoms with E-state index in [0.29, 0.717) is 0 Å². The molecule has 0 rings (SSSR count). The molecule has 0 fully saturated rings. The van der Waals surface area contributed by atoms with E-state index in [1.54, 1.807) is 0 Å². The van der Waals surface area contributed by atoms with Gasteiger partial charge in [-0.3, -0.25) is 16.5 Å². The molecule has 0 aliphatic heterocycles. The Morgan fingerprint density at radius 1 is 1.60 bits per heavy atom. The van der Waals surface area contributed by atoms with Crippen LogP contribution < -0.4 is 17.0 Å². The number of nitrogens with one attached hydrogen (secondary N) is 1. The van der Waals surface area contributed by atoms with Crippen molar-refractivity contribution in [2.45, 2.75) is 19.9 Å². The molecule has 0 saturated carbocycles. The summed E-state index contributed by atoms with van der Waals surface area (Å²) in [5, 5.41) is 2.64. The zero-order valence-electron chi connectivity index (χ0n) is 6.42. The van der Waals surface area contributed by atoms with Crippen LogP contribution in [-0.4, -0.2) is 11.9 Å².